The van der Waals surface area contributed by atoms with E-state index in [1.807, 2.05) is 20.8 Å². The first kappa shape index (κ1) is 27.1. The van der Waals surface area contributed by atoms with Crippen LogP contribution in [0, 0.1) is 17.8 Å². The first-order valence-corrected chi connectivity index (χ1v) is 14.6. The summed E-state index contributed by atoms with van der Waals surface area (Å²) in [7, 11) is -2.61. The molecule has 5 atom stereocenters. The lowest BCUT2D eigenvalue weighted by Crippen LogP contribution is -2.67. The number of ether oxygens (including phenoxy) is 2. The van der Waals surface area contributed by atoms with Crippen molar-refractivity contribution in [2.75, 3.05) is 13.2 Å². The highest BCUT2D eigenvalue weighted by atomic mass is 28.4. The molecule has 1 aliphatic heterocycles. The fraction of sp³-hybridized carbons (Fsp3) is 0.586. The number of aliphatic hydroxyl groups is 1. The SMILES string of the molecule is C[C@H]1[C@@H]([C@H](C)CO)OC(C)(C)O[C@@H]1[C@H](C)CO[Si](c1ccccc1)(c1ccccc1)C(C)(C)C. The third kappa shape index (κ3) is 5.49. The quantitative estimate of drug-likeness (QED) is 0.537. The van der Waals surface area contributed by atoms with Crippen LogP contribution in [0.15, 0.2) is 60.7 Å². The molecule has 34 heavy (non-hydrogen) atoms. The minimum absolute atomic E-state index is 0.0269. The summed E-state index contributed by atoms with van der Waals surface area (Å²) in [5.74, 6) is -0.344. The lowest BCUT2D eigenvalue weighted by Gasteiger charge is -2.49. The van der Waals surface area contributed by atoms with E-state index in [-0.39, 0.29) is 41.6 Å². The molecule has 188 valence electrons. The molecule has 3 rings (SSSR count). The zero-order chi connectivity index (χ0) is 25.1. The smallest absolute Gasteiger partial charge is 0.261 e. The van der Waals surface area contributed by atoms with Crippen molar-refractivity contribution < 1.29 is 19.0 Å². The standard InChI is InChI=1S/C29H44O4Si/c1-21(19-30)26-23(3)27(33-29(7,8)32-26)22(2)20-31-34(28(4,5)6,24-15-11-9-12-16-24)25-17-13-10-14-18-25/h9-18,21-23,26-27,30H,19-20H2,1-8H3/t21-,22-,23+,26-,27-/m1/s1. The highest BCUT2D eigenvalue weighted by molar-refractivity contribution is 6.99. The summed E-state index contributed by atoms with van der Waals surface area (Å²) in [6.45, 7) is 18.0. The van der Waals surface area contributed by atoms with E-state index in [0.717, 1.165) is 0 Å². The second-order valence-electron chi connectivity index (χ2n) is 11.5. The van der Waals surface area contributed by atoms with Crippen LogP contribution in [0.3, 0.4) is 0 Å². The Bertz CT molecular complexity index is 854. The topological polar surface area (TPSA) is 47.9 Å². The van der Waals surface area contributed by atoms with Crippen LogP contribution in [0.4, 0.5) is 0 Å². The Morgan fingerprint density at radius 3 is 1.74 bits per heavy atom. The van der Waals surface area contributed by atoms with Crippen LogP contribution in [0.25, 0.3) is 0 Å². The molecule has 0 aliphatic carbocycles. The Kier molecular flexibility index (Phi) is 8.47. The van der Waals surface area contributed by atoms with Crippen molar-refractivity contribution in [3.8, 4) is 0 Å². The first-order chi connectivity index (χ1) is 15.9. The van der Waals surface area contributed by atoms with Gasteiger partial charge in [-0.1, -0.05) is 102 Å². The van der Waals surface area contributed by atoms with E-state index in [4.69, 9.17) is 13.9 Å². The summed E-state index contributed by atoms with van der Waals surface area (Å²) >= 11 is 0. The van der Waals surface area contributed by atoms with E-state index in [9.17, 15) is 5.11 Å². The summed E-state index contributed by atoms with van der Waals surface area (Å²) in [4.78, 5) is 0. The maximum atomic E-state index is 9.81. The Labute approximate surface area is 207 Å². The van der Waals surface area contributed by atoms with Crippen molar-refractivity contribution >= 4 is 18.7 Å². The lowest BCUT2D eigenvalue weighted by atomic mass is 9.83. The van der Waals surface area contributed by atoms with Gasteiger partial charge in [-0.2, -0.15) is 0 Å². The van der Waals surface area contributed by atoms with Gasteiger partial charge < -0.3 is 19.0 Å². The van der Waals surface area contributed by atoms with Crippen molar-refractivity contribution in [3.63, 3.8) is 0 Å². The molecule has 2 aromatic carbocycles. The molecule has 4 nitrogen and oxygen atoms in total. The zero-order valence-electron chi connectivity index (χ0n) is 22.2. The highest BCUT2D eigenvalue weighted by Crippen LogP contribution is 2.40. The third-order valence-electron chi connectivity index (χ3n) is 7.27. The van der Waals surface area contributed by atoms with Crippen molar-refractivity contribution in [3.05, 3.63) is 60.7 Å². The molecule has 0 radical (unpaired) electrons. The molecule has 0 spiro atoms. The third-order valence-corrected chi connectivity index (χ3v) is 12.3. The number of benzene rings is 2. The van der Waals surface area contributed by atoms with Crippen LogP contribution in [-0.2, 0) is 13.9 Å². The van der Waals surface area contributed by atoms with Crippen LogP contribution < -0.4 is 10.4 Å². The molecule has 2 aromatic rings. The van der Waals surface area contributed by atoms with Crippen molar-refractivity contribution in [2.45, 2.75) is 78.4 Å². The lowest BCUT2D eigenvalue weighted by molar-refractivity contribution is -0.336. The van der Waals surface area contributed by atoms with Gasteiger partial charge in [0.15, 0.2) is 5.79 Å². The molecule has 0 amide bonds. The predicted molar refractivity (Wildman–Crippen MR) is 142 cm³/mol. The first-order valence-electron chi connectivity index (χ1n) is 12.6. The van der Waals surface area contributed by atoms with Crippen LogP contribution >= 0.6 is 0 Å². The second-order valence-corrected chi connectivity index (χ2v) is 15.8. The number of hydrogen-bond acceptors (Lipinski definition) is 4. The number of hydrogen-bond donors (Lipinski definition) is 1. The summed E-state index contributed by atoms with van der Waals surface area (Å²) in [5, 5.41) is 12.3. The van der Waals surface area contributed by atoms with Gasteiger partial charge in [0.1, 0.15) is 0 Å². The molecule has 1 fully saturated rings. The van der Waals surface area contributed by atoms with Gasteiger partial charge in [-0.3, -0.25) is 0 Å². The minimum atomic E-state index is -2.61. The van der Waals surface area contributed by atoms with Crippen LogP contribution in [-0.4, -0.2) is 44.6 Å². The Hall–Kier alpha value is -1.50. The van der Waals surface area contributed by atoms with Gasteiger partial charge in [0.05, 0.1) is 12.2 Å². The number of rotatable bonds is 8. The van der Waals surface area contributed by atoms with Gasteiger partial charge in [0.2, 0.25) is 0 Å². The van der Waals surface area contributed by atoms with Crippen LogP contribution in [0.2, 0.25) is 5.04 Å². The molecule has 5 heteroatoms. The van der Waals surface area contributed by atoms with Gasteiger partial charge in [-0.15, -0.1) is 0 Å². The van der Waals surface area contributed by atoms with E-state index in [1.165, 1.54) is 10.4 Å². The van der Waals surface area contributed by atoms with Gasteiger partial charge in [-0.25, -0.2) is 0 Å². The average Bonchev–Trinajstić information content (AvgIpc) is 2.80. The van der Waals surface area contributed by atoms with E-state index in [1.54, 1.807) is 0 Å². The average molecular weight is 485 g/mol. The minimum Gasteiger partial charge on any atom is -0.407 e. The maximum absolute atomic E-state index is 9.81. The maximum Gasteiger partial charge on any atom is 0.261 e. The molecule has 0 saturated carbocycles. The Morgan fingerprint density at radius 2 is 1.32 bits per heavy atom. The molecule has 0 unspecified atom stereocenters. The van der Waals surface area contributed by atoms with Crippen LogP contribution in [0.1, 0.15) is 55.4 Å². The fourth-order valence-corrected chi connectivity index (χ4v) is 10.2. The molecule has 0 bridgehead atoms. The molecular weight excluding hydrogens is 440 g/mol. The van der Waals surface area contributed by atoms with E-state index < -0.39 is 14.1 Å². The molecule has 1 aliphatic rings. The zero-order valence-corrected chi connectivity index (χ0v) is 23.2. The van der Waals surface area contributed by atoms with Crippen LogP contribution in [0.5, 0.6) is 0 Å². The largest absolute Gasteiger partial charge is 0.407 e. The van der Waals surface area contributed by atoms with Crippen molar-refractivity contribution in [1.29, 1.82) is 0 Å². The highest BCUT2D eigenvalue weighted by Gasteiger charge is 2.51. The Morgan fingerprint density at radius 1 is 0.882 bits per heavy atom. The van der Waals surface area contributed by atoms with Crippen molar-refractivity contribution in [1.82, 2.24) is 0 Å². The van der Waals surface area contributed by atoms with E-state index in [2.05, 4.69) is 95.3 Å². The summed E-state index contributed by atoms with van der Waals surface area (Å²) in [5.41, 5.74) is 0. The summed E-state index contributed by atoms with van der Waals surface area (Å²) in [6.07, 6.45) is -0.0879. The van der Waals surface area contributed by atoms with Gasteiger partial charge in [0, 0.05) is 31.0 Å². The van der Waals surface area contributed by atoms with Gasteiger partial charge in [-0.05, 0) is 29.3 Å². The fourth-order valence-electron chi connectivity index (χ4n) is 5.57. The molecule has 1 heterocycles. The van der Waals surface area contributed by atoms with Gasteiger partial charge in [0.25, 0.3) is 8.32 Å². The molecule has 1 saturated heterocycles. The van der Waals surface area contributed by atoms with Gasteiger partial charge >= 0.3 is 0 Å². The summed E-state index contributed by atoms with van der Waals surface area (Å²) in [6, 6.07) is 21.5. The molecule has 1 N–H and O–H groups in total. The monoisotopic (exact) mass is 484 g/mol. The number of aliphatic hydroxyl groups excluding tert-OH is 1. The summed E-state index contributed by atoms with van der Waals surface area (Å²) < 4.78 is 19.9. The Balaban J connectivity index is 1.95. The second kappa shape index (κ2) is 10.6. The normalized spacial score (nSPS) is 25.0. The van der Waals surface area contributed by atoms with Crippen molar-refractivity contribution in [2.24, 2.45) is 17.8 Å². The molecule has 0 aromatic heterocycles. The molecular formula is C29H44O4Si. The predicted octanol–water partition coefficient (Wildman–Crippen LogP) is 4.98. The van der Waals surface area contributed by atoms with E-state index >= 15 is 0 Å². The van der Waals surface area contributed by atoms with E-state index in [0.29, 0.717) is 6.61 Å².